The second-order valence-corrected chi connectivity index (χ2v) is 6.35. The molecule has 0 aromatic heterocycles. The maximum Gasteiger partial charge on any atom is 0.193 e. The van der Waals surface area contributed by atoms with Crippen LogP contribution in [0.2, 0.25) is 0 Å². The van der Waals surface area contributed by atoms with Crippen LogP contribution in [0.25, 0.3) is 0 Å². The summed E-state index contributed by atoms with van der Waals surface area (Å²) in [5, 5.41) is 3.33. The monoisotopic (exact) mass is 497 g/mol. The molecule has 0 bridgehead atoms. The van der Waals surface area contributed by atoms with Crippen LogP contribution in [0.5, 0.6) is 11.5 Å². The third kappa shape index (κ3) is 6.56. The number of nitrogens with zero attached hydrogens (tertiary/aromatic N) is 2. The van der Waals surface area contributed by atoms with Crippen LogP contribution in [-0.4, -0.2) is 51.3 Å². The van der Waals surface area contributed by atoms with E-state index in [0.717, 1.165) is 29.6 Å². The summed E-state index contributed by atoms with van der Waals surface area (Å²) in [6.45, 7) is 3.86. The summed E-state index contributed by atoms with van der Waals surface area (Å²) in [5.74, 6) is 2.45. The number of aliphatic imine (C=N–C) groups is 1. The minimum absolute atomic E-state index is 0. The van der Waals surface area contributed by atoms with Gasteiger partial charge in [0.25, 0.3) is 0 Å². The molecule has 1 aliphatic heterocycles. The Morgan fingerprint density at radius 3 is 2.57 bits per heavy atom. The van der Waals surface area contributed by atoms with Crippen molar-refractivity contribution in [3.05, 3.63) is 59.7 Å². The lowest BCUT2D eigenvalue weighted by Gasteiger charge is -2.23. The molecule has 28 heavy (non-hydrogen) atoms. The van der Waals surface area contributed by atoms with Crippen molar-refractivity contribution in [2.24, 2.45) is 4.99 Å². The number of guanidine groups is 1. The zero-order chi connectivity index (χ0) is 18.9. The van der Waals surface area contributed by atoms with E-state index in [2.05, 4.69) is 33.4 Å². The Morgan fingerprint density at radius 2 is 1.82 bits per heavy atom. The van der Waals surface area contributed by atoms with Gasteiger partial charge in [-0.1, -0.05) is 36.4 Å². The van der Waals surface area contributed by atoms with Gasteiger partial charge in [-0.05, 0) is 23.3 Å². The second kappa shape index (κ2) is 11.8. The van der Waals surface area contributed by atoms with Gasteiger partial charge < -0.3 is 24.4 Å². The van der Waals surface area contributed by atoms with E-state index < -0.39 is 0 Å². The van der Waals surface area contributed by atoms with E-state index in [1.807, 2.05) is 37.4 Å². The summed E-state index contributed by atoms with van der Waals surface area (Å²) < 4.78 is 16.9. The maximum absolute atomic E-state index is 5.71. The Bertz CT molecular complexity index is 756. The van der Waals surface area contributed by atoms with Crippen molar-refractivity contribution >= 4 is 29.9 Å². The van der Waals surface area contributed by atoms with Gasteiger partial charge in [0.2, 0.25) is 0 Å². The zero-order valence-electron chi connectivity index (χ0n) is 16.4. The average molecular weight is 497 g/mol. The van der Waals surface area contributed by atoms with Gasteiger partial charge in [0.05, 0.1) is 13.2 Å². The summed E-state index contributed by atoms with van der Waals surface area (Å²) in [4.78, 5) is 6.42. The van der Waals surface area contributed by atoms with Gasteiger partial charge in [-0.15, -0.1) is 24.0 Å². The molecule has 1 aliphatic rings. The number of halogens is 1. The SMILES string of the molecule is CN=C(NCCOCc1ccccc1)N(C)Cc1ccc2c(c1)OCCO2.I. The summed E-state index contributed by atoms with van der Waals surface area (Å²) in [7, 11) is 3.80. The molecule has 2 aromatic rings. The zero-order valence-corrected chi connectivity index (χ0v) is 18.7. The number of nitrogens with one attached hydrogen (secondary N) is 1. The van der Waals surface area contributed by atoms with E-state index in [1.54, 1.807) is 7.05 Å². The number of rotatable bonds is 7. The lowest BCUT2D eigenvalue weighted by molar-refractivity contribution is 0.125. The van der Waals surface area contributed by atoms with Crippen LogP contribution in [0.15, 0.2) is 53.5 Å². The van der Waals surface area contributed by atoms with E-state index in [4.69, 9.17) is 14.2 Å². The Morgan fingerprint density at radius 1 is 1.07 bits per heavy atom. The van der Waals surface area contributed by atoms with Crippen LogP contribution < -0.4 is 14.8 Å². The van der Waals surface area contributed by atoms with Crippen molar-refractivity contribution in [1.29, 1.82) is 0 Å². The summed E-state index contributed by atoms with van der Waals surface area (Å²) in [6, 6.07) is 16.2. The van der Waals surface area contributed by atoms with E-state index in [-0.39, 0.29) is 24.0 Å². The first-order valence-corrected chi connectivity index (χ1v) is 9.18. The predicted molar refractivity (Wildman–Crippen MR) is 122 cm³/mol. The minimum Gasteiger partial charge on any atom is -0.486 e. The third-order valence-corrected chi connectivity index (χ3v) is 4.24. The van der Waals surface area contributed by atoms with Crippen LogP contribution >= 0.6 is 24.0 Å². The van der Waals surface area contributed by atoms with Gasteiger partial charge in [0.1, 0.15) is 13.2 Å². The first-order chi connectivity index (χ1) is 13.3. The van der Waals surface area contributed by atoms with Crippen molar-refractivity contribution < 1.29 is 14.2 Å². The number of fused-ring (bicyclic) bond motifs is 1. The Kier molecular flexibility index (Phi) is 9.36. The highest BCUT2D eigenvalue weighted by atomic mass is 127. The molecule has 0 unspecified atom stereocenters. The van der Waals surface area contributed by atoms with Crippen LogP contribution in [-0.2, 0) is 17.9 Å². The van der Waals surface area contributed by atoms with E-state index in [0.29, 0.717) is 33.0 Å². The molecule has 0 saturated carbocycles. The van der Waals surface area contributed by atoms with Gasteiger partial charge in [-0.2, -0.15) is 0 Å². The molecule has 7 heteroatoms. The number of hydrogen-bond donors (Lipinski definition) is 1. The Labute approximate surface area is 183 Å². The predicted octanol–water partition coefficient (Wildman–Crippen LogP) is 3.30. The molecule has 0 spiro atoms. The highest BCUT2D eigenvalue weighted by Crippen LogP contribution is 2.30. The quantitative estimate of drug-likeness (QED) is 0.276. The van der Waals surface area contributed by atoms with Crippen LogP contribution in [0, 0.1) is 0 Å². The van der Waals surface area contributed by atoms with E-state index in [9.17, 15) is 0 Å². The molecule has 0 amide bonds. The van der Waals surface area contributed by atoms with Crippen molar-refractivity contribution in [3.63, 3.8) is 0 Å². The van der Waals surface area contributed by atoms with Gasteiger partial charge in [-0.25, -0.2) is 0 Å². The molecule has 3 rings (SSSR count). The molecule has 0 atom stereocenters. The van der Waals surface area contributed by atoms with Gasteiger partial charge in [-0.3, -0.25) is 4.99 Å². The molecule has 1 N–H and O–H groups in total. The summed E-state index contributed by atoms with van der Waals surface area (Å²) in [6.07, 6.45) is 0. The Hall–Kier alpha value is -2.00. The fourth-order valence-corrected chi connectivity index (χ4v) is 2.92. The van der Waals surface area contributed by atoms with Gasteiger partial charge >= 0.3 is 0 Å². The van der Waals surface area contributed by atoms with Crippen LogP contribution in [0.4, 0.5) is 0 Å². The Balaban J connectivity index is 0.00000280. The van der Waals surface area contributed by atoms with Crippen molar-refractivity contribution in [3.8, 4) is 11.5 Å². The lowest BCUT2D eigenvalue weighted by Crippen LogP contribution is -2.39. The number of benzene rings is 2. The number of ether oxygens (including phenoxy) is 3. The third-order valence-electron chi connectivity index (χ3n) is 4.24. The molecule has 0 saturated heterocycles. The fourth-order valence-electron chi connectivity index (χ4n) is 2.92. The average Bonchev–Trinajstić information content (AvgIpc) is 2.71. The van der Waals surface area contributed by atoms with Gasteiger partial charge in [0.15, 0.2) is 17.5 Å². The topological polar surface area (TPSA) is 55.3 Å². The highest BCUT2D eigenvalue weighted by molar-refractivity contribution is 14.0. The molecule has 1 heterocycles. The molecule has 6 nitrogen and oxygen atoms in total. The van der Waals surface area contributed by atoms with E-state index >= 15 is 0 Å². The second-order valence-electron chi connectivity index (χ2n) is 6.35. The van der Waals surface area contributed by atoms with Crippen LogP contribution in [0.3, 0.4) is 0 Å². The maximum atomic E-state index is 5.71. The summed E-state index contributed by atoms with van der Waals surface area (Å²) in [5.41, 5.74) is 2.32. The van der Waals surface area contributed by atoms with E-state index in [1.165, 1.54) is 5.56 Å². The molecule has 0 radical (unpaired) electrons. The molecule has 2 aromatic carbocycles. The molecular formula is C21H28IN3O3. The molecule has 0 fully saturated rings. The fraction of sp³-hybridized carbons (Fsp3) is 0.381. The molecular weight excluding hydrogens is 469 g/mol. The smallest absolute Gasteiger partial charge is 0.193 e. The number of hydrogen-bond acceptors (Lipinski definition) is 4. The highest BCUT2D eigenvalue weighted by Gasteiger charge is 2.13. The summed E-state index contributed by atoms with van der Waals surface area (Å²) >= 11 is 0. The van der Waals surface area contributed by atoms with Gasteiger partial charge in [0, 0.05) is 27.2 Å². The standard InChI is InChI=1S/C21H27N3O3.HI/c1-22-21(23-10-11-25-16-17-6-4-3-5-7-17)24(2)15-18-8-9-19-20(14-18)27-13-12-26-19;/h3-9,14H,10-13,15-16H2,1-2H3,(H,22,23);1H. The van der Waals surface area contributed by atoms with Crippen LogP contribution in [0.1, 0.15) is 11.1 Å². The minimum atomic E-state index is 0. The van der Waals surface area contributed by atoms with Crippen molar-refractivity contribution in [2.75, 3.05) is 40.5 Å². The first-order valence-electron chi connectivity index (χ1n) is 9.18. The largest absolute Gasteiger partial charge is 0.486 e. The normalized spacial score (nSPS) is 12.9. The molecule has 0 aliphatic carbocycles. The molecule has 152 valence electrons. The first kappa shape index (κ1) is 22.3. The van der Waals surface area contributed by atoms with Crippen molar-refractivity contribution in [2.45, 2.75) is 13.2 Å². The van der Waals surface area contributed by atoms with Crippen molar-refractivity contribution in [1.82, 2.24) is 10.2 Å². The lowest BCUT2D eigenvalue weighted by atomic mass is 10.2.